The van der Waals surface area contributed by atoms with Crippen LogP contribution in [0.15, 0.2) is 53.9 Å². The van der Waals surface area contributed by atoms with Crippen molar-refractivity contribution < 1.29 is 18.9 Å². The maximum Gasteiger partial charge on any atom is 0.244 e. The SMILES string of the molecule is COc1ccc(OC)c(-c2[nH]nc3c2C(c2ccc(OC(C)C)cc2)C(C#N)=C(N)O3)c1. The van der Waals surface area contributed by atoms with Crippen LogP contribution in [0.25, 0.3) is 11.3 Å². The molecule has 0 saturated carbocycles. The van der Waals surface area contributed by atoms with Crippen LogP contribution in [0.3, 0.4) is 0 Å². The standard InChI is InChI=1S/C24H24N4O4/c1-13(2)31-15-7-5-14(6-8-15)20-18(12-25)23(26)32-24-21(20)22(27-28-24)17-11-16(29-3)9-10-19(17)30-4/h5-11,13,20H,26H2,1-4H3,(H,27,28). The number of nitrogens with zero attached hydrogens (tertiary/aromatic N) is 2. The molecule has 8 nitrogen and oxygen atoms in total. The number of hydrogen-bond donors (Lipinski definition) is 2. The number of methoxy groups -OCH3 is 2. The molecule has 164 valence electrons. The molecule has 0 amide bonds. The van der Waals surface area contributed by atoms with Gasteiger partial charge in [-0.25, -0.2) is 0 Å². The van der Waals surface area contributed by atoms with E-state index >= 15 is 0 Å². The number of fused-ring (bicyclic) bond motifs is 1. The van der Waals surface area contributed by atoms with Crippen LogP contribution in [0.4, 0.5) is 0 Å². The minimum atomic E-state index is -0.485. The molecule has 8 heteroatoms. The van der Waals surface area contributed by atoms with Crippen LogP contribution in [0, 0.1) is 11.3 Å². The van der Waals surface area contributed by atoms with Gasteiger partial charge in [0.2, 0.25) is 11.8 Å². The van der Waals surface area contributed by atoms with Crippen molar-refractivity contribution in [2.24, 2.45) is 5.73 Å². The molecule has 32 heavy (non-hydrogen) atoms. The first-order valence-electron chi connectivity index (χ1n) is 10.1. The molecule has 0 aliphatic carbocycles. The van der Waals surface area contributed by atoms with Gasteiger partial charge in [-0.15, -0.1) is 5.10 Å². The maximum atomic E-state index is 9.91. The number of nitrogens with two attached hydrogens (primary N) is 1. The first-order valence-corrected chi connectivity index (χ1v) is 10.1. The Balaban J connectivity index is 1.89. The number of nitrogens with one attached hydrogen (secondary N) is 1. The van der Waals surface area contributed by atoms with Crippen molar-refractivity contribution in [1.82, 2.24) is 10.2 Å². The highest BCUT2D eigenvalue weighted by Gasteiger charge is 2.36. The zero-order valence-electron chi connectivity index (χ0n) is 18.3. The summed E-state index contributed by atoms with van der Waals surface area (Å²) < 4.78 is 22.4. The fraction of sp³-hybridized carbons (Fsp3) is 0.250. The maximum absolute atomic E-state index is 9.91. The molecule has 1 unspecified atom stereocenters. The van der Waals surface area contributed by atoms with E-state index in [4.69, 9.17) is 24.7 Å². The van der Waals surface area contributed by atoms with E-state index in [1.54, 1.807) is 14.2 Å². The van der Waals surface area contributed by atoms with Gasteiger partial charge in [0.1, 0.15) is 28.9 Å². The Hall–Kier alpha value is -4.12. The second-order valence-electron chi connectivity index (χ2n) is 7.54. The van der Waals surface area contributed by atoms with Gasteiger partial charge in [-0.1, -0.05) is 12.1 Å². The molecule has 3 aromatic rings. The molecule has 2 aromatic carbocycles. The highest BCUT2D eigenvalue weighted by Crippen LogP contribution is 2.47. The van der Waals surface area contributed by atoms with Crippen LogP contribution >= 0.6 is 0 Å². The smallest absolute Gasteiger partial charge is 0.244 e. The number of H-pyrrole nitrogens is 1. The van der Waals surface area contributed by atoms with E-state index in [2.05, 4.69) is 16.3 Å². The Morgan fingerprint density at radius 1 is 1.09 bits per heavy atom. The average Bonchev–Trinajstić information content (AvgIpc) is 3.21. The zero-order valence-corrected chi connectivity index (χ0v) is 18.3. The number of hydrogen-bond acceptors (Lipinski definition) is 7. The normalized spacial score (nSPS) is 15.1. The van der Waals surface area contributed by atoms with Crippen molar-refractivity contribution >= 4 is 0 Å². The summed E-state index contributed by atoms with van der Waals surface area (Å²) in [6, 6.07) is 15.3. The summed E-state index contributed by atoms with van der Waals surface area (Å²) in [6.45, 7) is 3.93. The van der Waals surface area contributed by atoms with Crippen LogP contribution in [-0.2, 0) is 0 Å². The summed E-state index contributed by atoms with van der Waals surface area (Å²) in [4.78, 5) is 0. The van der Waals surface area contributed by atoms with Crippen LogP contribution in [0.5, 0.6) is 23.1 Å². The Labute approximate surface area is 186 Å². The number of benzene rings is 2. The van der Waals surface area contributed by atoms with Crippen LogP contribution in [0.1, 0.15) is 30.9 Å². The van der Waals surface area contributed by atoms with E-state index < -0.39 is 5.92 Å². The van der Waals surface area contributed by atoms with E-state index in [9.17, 15) is 5.26 Å². The van der Waals surface area contributed by atoms with Gasteiger partial charge in [0, 0.05) is 5.56 Å². The number of allylic oxidation sites excluding steroid dienone is 1. The van der Waals surface area contributed by atoms with E-state index in [1.807, 2.05) is 56.3 Å². The Bertz CT molecular complexity index is 1210. The second kappa shape index (κ2) is 8.55. The first-order chi connectivity index (χ1) is 15.5. The minimum Gasteiger partial charge on any atom is -0.497 e. The van der Waals surface area contributed by atoms with Crippen molar-refractivity contribution in [1.29, 1.82) is 5.26 Å². The number of ether oxygens (including phenoxy) is 4. The molecule has 0 radical (unpaired) electrons. The highest BCUT2D eigenvalue weighted by molar-refractivity contribution is 5.76. The molecule has 1 aliphatic rings. The summed E-state index contributed by atoms with van der Waals surface area (Å²) in [7, 11) is 3.19. The van der Waals surface area contributed by atoms with Gasteiger partial charge in [-0.05, 0) is 49.7 Å². The molecule has 4 rings (SSSR count). The van der Waals surface area contributed by atoms with Gasteiger partial charge in [0.25, 0.3) is 0 Å². The molecule has 1 aromatic heterocycles. The summed E-state index contributed by atoms with van der Waals surface area (Å²) in [6.07, 6.45) is 0.0572. The highest BCUT2D eigenvalue weighted by atomic mass is 16.5. The van der Waals surface area contributed by atoms with Gasteiger partial charge >= 0.3 is 0 Å². The topological polar surface area (TPSA) is 115 Å². The fourth-order valence-corrected chi connectivity index (χ4v) is 3.80. The molecule has 0 saturated heterocycles. The Kier molecular flexibility index (Phi) is 5.65. The third-order valence-electron chi connectivity index (χ3n) is 5.20. The molecule has 0 spiro atoms. The summed E-state index contributed by atoms with van der Waals surface area (Å²) in [5.74, 6) is 1.88. The zero-order chi connectivity index (χ0) is 22.8. The summed E-state index contributed by atoms with van der Waals surface area (Å²) in [5.41, 5.74) is 9.33. The van der Waals surface area contributed by atoms with Gasteiger partial charge in [-0.3, -0.25) is 5.10 Å². The van der Waals surface area contributed by atoms with Gasteiger partial charge in [0.15, 0.2) is 0 Å². The van der Waals surface area contributed by atoms with Crippen molar-refractivity contribution in [2.75, 3.05) is 14.2 Å². The molecular weight excluding hydrogens is 408 g/mol. The molecule has 0 fully saturated rings. The summed E-state index contributed by atoms with van der Waals surface area (Å²) >= 11 is 0. The Morgan fingerprint density at radius 3 is 2.44 bits per heavy atom. The molecule has 1 atom stereocenters. The molecule has 2 heterocycles. The number of aromatic nitrogens is 2. The molecule has 3 N–H and O–H groups in total. The lowest BCUT2D eigenvalue weighted by Crippen LogP contribution is -2.21. The van der Waals surface area contributed by atoms with E-state index in [-0.39, 0.29) is 12.0 Å². The first kappa shape index (κ1) is 21.1. The van der Waals surface area contributed by atoms with Crippen molar-refractivity contribution in [3.8, 4) is 40.5 Å². The van der Waals surface area contributed by atoms with E-state index in [0.717, 1.165) is 16.9 Å². The molecular formula is C24H24N4O4. The van der Waals surface area contributed by atoms with Gasteiger partial charge in [-0.2, -0.15) is 5.26 Å². The summed E-state index contributed by atoms with van der Waals surface area (Å²) in [5, 5.41) is 17.3. The lowest BCUT2D eigenvalue weighted by molar-refractivity contribution is 0.242. The monoisotopic (exact) mass is 432 g/mol. The number of nitriles is 1. The molecule has 1 aliphatic heterocycles. The third kappa shape index (κ3) is 3.69. The van der Waals surface area contributed by atoms with Crippen LogP contribution < -0.4 is 24.7 Å². The molecule has 0 bridgehead atoms. The van der Waals surface area contributed by atoms with E-state index in [0.29, 0.717) is 34.2 Å². The quantitative estimate of drug-likeness (QED) is 0.602. The minimum absolute atomic E-state index is 0.0307. The fourth-order valence-electron chi connectivity index (χ4n) is 3.80. The van der Waals surface area contributed by atoms with Crippen molar-refractivity contribution in [3.63, 3.8) is 0 Å². The van der Waals surface area contributed by atoms with Crippen LogP contribution in [0.2, 0.25) is 0 Å². The van der Waals surface area contributed by atoms with Gasteiger partial charge < -0.3 is 24.7 Å². The predicted molar refractivity (Wildman–Crippen MR) is 119 cm³/mol. The van der Waals surface area contributed by atoms with Crippen LogP contribution in [-0.4, -0.2) is 30.5 Å². The van der Waals surface area contributed by atoms with Crippen molar-refractivity contribution in [3.05, 3.63) is 65.0 Å². The predicted octanol–water partition coefficient (Wildman–Crippen LogP) is 4.10. The second-order valence-corrected chi connectivity index (χ2v) is 7.54. The lowest BCUT2D eigenvalue weighted by Gasteiger charge is -2.24. The average molecular weight is 432 g/mol. The number of rotatable bonds is 6. The third-order valence-corrected chi connectivity index (χ3v) is 5.20. The van der Waals surface area contributed by atoms with E-state index in [1.165, 1.54) is 0 Å². The number of aromatic amines is 1. The largest absolute Gasteiger partial charge is 0.497 e. The lowest BCUT2D eigenvalue weighted by atomic mass is 9.83. The van der Waals surface area contributed by atoms with Gasteiger partial charge in [0.05, 0.1) is 37.5 Å². The van der Waals surface area contributed by atoms with Crippen molar-refractivity contribution in [2.45, 2.75) is 25.9 Å². The Morgan fingerprint density at radius 2 is 1.81 bits per heavy atom.